The number of halogens is 3. The van der Waals surface area contributed by atoms with E-state index in [2.05, 4.69) is 26.1 Å². The lowest BCUT2D eigenvalue weighted by Gasteiger charge is -1.98. The van der Waals surface area contributed by atoms with Crippen molar-refractivity contribution in [2.24, 2.45) is 0 Å². The van der Waals surface area contributed by atoms with Crippen molar-refractivity contribution in [1.29, 1.82) is 0 Å². The van der Waals surface area contributed by atoms with Gasteiger partial charge in [0.25, 0.3) is 5.89 Å². The van der Waals surface area contributed by atoms with Gasteiger partial charge in [0, 0.05) is 4.47 Å². The monoisotopic (exact) mass is 320 g/mol. The Labute approximate surface area is 111 Å². The Hall–Kier alpha value is -0.580. The summed E-state index contributed by atoms with van der Waals surface area (Å²) in [4.78, 5) is 4.16. The molecule has 0 saturated carbocycles. The van der Waals surface area contributed by atoms with E-state index in [1.807, 2.05) is 12.1 Å². The van der Waals surface area contributed by atoms with Crippen LogP contribution < -0.4 is 0 Å². The van der Waals surface area contributed by atoms with Gasteiger partial charge in [-0.25, -0.2) is 0 Å². The second-order valence-corrected chi connectivity index (χ2v) is 5.18. The number of hydrogen-bond donors (Lipinski definition) is 0. The van der Waals surface area contributed by atoms with Crippen LogP contribution in [0, 0.1) is 0 Å². The van der Waals surface area contributed by atoms with E-state index in [0.717, 1.165) is 4.47 Å². The third-order valence-electron chi connectivity index (χ3n) is 1.96. The Bertz CT molecular complexity index is 513. The summed E-state index contributed by atoms with van der Waals surface area (Å²) >= 11 is 15.2. The molecule has 0 N–H and O–H groups in total. The minimum absolute atomic E-state index is 0.285. The Kier molecular flexibility index (Phi) is 3.52. The van der Waals surface area contributed by atoms with Crippen molar-refractivity contribution >= 4 is 39.1 Å². The molecule has 0 fully saturated rings. The van der Waals surface area contributed by atoms with Crippen molar-refractivity contribution in [1.82, 2.24) is 10.1 Å². The lowest BCUT2D eigenvalue weighted by atomic mass is 10.2. The number of nitrogens with zero attached hydrogens (tertiary/aromatic N) is 2. The molecule has 0 aliphatic carbocycles. The average Bonchev–Trinajstić information content (AvgIpc) is 2.66. The fraction of sp³-hybridized carbons (Fsp3) is 0.200. The molecule has 1 atom stereocenters. The van der Waals surface area contributed by atoms with Crippen LogP contribution in [0.3, 0.4) is 0 Å². The van der Waals surface area contributed by atoms with Crippen LogP contribution in [0.2, 0.25) is 5.02 Å². The van der Waals surface area contributed by atoms with Gasteiger partial charge in [-0.1, -0.05) is 32.7 Å². The van der Waals surface area contributed by atoms with Crippen LogP contribution >= 0.6 is 39.1 Å². The third kappa shape index (κ3) is 2.39. The molecule has 0 aliphatic heterocycles. The maximum atomic E-state index is 6.06. The van der Waals surface area contributed by atoms with Crippen molar-refractivity contribution in [3.63, 3.8) is 0 Å². The summed E-state index contributed by atoms with van der Waals surface area (Å²) in [7, 11) is 0. The molecule has 1 heterocycles. The van der Waals surface area contributed by atoms with Gasteiger partial charge in [-0.05, 0) is 25.1 Å². The van der Waals surface area contributed by atoms with E-state index >= 15 is 0 Å². The summed E-state index contributed by atoms with van der Waals surface area (Å²) in [6.45, 7) is 1.78. The van der Waals surface area contributed by atoms with E-state index in [-0.39, 0.29) is 5.38 Å². The molecule has 0 bridgehead atoms. The zero-order valence-corrected chi connectivity index (χ0v) is 11.3. The Morgan fingerprint density at radius 1 is 1.44 bits per heavy atom. The van der Waals surface area contributed by atoms with Crippen LogP contribution in [0.1, 0.15) is 18.1 Å². The lowest BCUT2D eigenvalue weighted by Crippen LogP contribution is -1.87. The maximum Gasteiger partial charge on any atom is 0.259 e. The van der Waals surface area contributed by atoms with Gasteiger partial charge in [-0.15, -0.1) is 11.6 Å². The molecule has 2 aromatic rings. The first-order valence-corrected chi connectivity index (χ1v) is 6.12. The number of hydrogen-bond acceptors (Lipinski definition) is 3. The Balaban J connectivity index is 2.42. The van der Waals surface area contributed by atoms with Gasteiger partial charge in [-0.2, -0.15) is 4.98 Å². The van der Waals surface area contributed by atoms with Gasteiger partial charge >= 0.3 is 0 Å². The maximum absolute atomic E-state index is 6.06. The minimum atomic E-state index is -0.285. The molecule has 0 radical (unpaired) electrons. The average molecular weight is 322 g/mol. The van der Waals surface area contributed by atoms with Crippen LogP contribution in [-0.4, -0.2) is 10.1 Å². The highest BCUT2D eigenvalue weighted by molar-refractivity contribution is 9.10. The standard InChI is InChI=1S/C10H7BrCl2N2O/c1-5(12)9-14-10(16-15-9)7-3-2-6(11)4-8(7)13/h2-5H,1H3. The second-order valence-electron chi connectivity index (χ2n) is 3.20. The molecule has 16 heavy (non-hydrogen) atoms. The van der Waals surface area contributed by atoms with E-state index in [9.17, 15) is 0 Å². The van der Waals surface area contributed by atoms with Gasteiger partial charge in [0.15, 0.2) is 5.82 Å². The largest absolute Gasteiger partial charge is 0.334 e. The highest BCUT2D eigenvalue weighted by Crippen LogP contribution is 2.30. The van der Waals surface area contributed by atoms with Gasteiger partial charge in [0.05, 0.1) is 16.0 Å². The Morgan fingerprint density at radius 3 is 2.75 bits per heavy atom. The second kappa shape index (κ2) is 4.73. The van der Waals surface area contributed by atoms with E-state index in [1.54, 1.807) is 13.0 Å². The van der Waals surface area contributed by atoms with Gasteiger partial charge < -0.3 is 4.52 Å². The normalized spacial score (nSPS) is 12.8. The van der Waals surface area contributed by atoms with Crippen LogP contribution in [0.4, 0.5) is 0 Å². The summed E-state index contributed by atoms with van der Waals surface area (Å²) in [5.41, 5.74) is 0.695. The van der Waals surface area contributed by atoms with Crippen LogP contribution in [0.25, 0.3) is 11.5 Å². The first kappa shape index (κ1) is 11.9. The number of aromatic nitrogens is 2. The minimum Gasteiger partial charge on any atom is -0.334 e. The van der Waals surface area contributed by atoms with Gasteiger partial charge in [-0.3, -0.25) is 0 Å². The fourth-order valence-corrected chi connectivity index (χ4v) is 2.01. The molecular weight excluding hydrogens is 315 g/mol. The predicted octanol–water partition coefficient (Wildman–Crippen LogP) is 4.45. The van der Waals surface area contributed by atoms with E-state index in [4.69, 9.17) is 27.7 Å². The smallest absolute Gasteiger partial charge is 0.259 e. The van der Waals surface area contributed by atoms with Gasteiger partial charge in [0.1, 0.15) is 0 Å². The molecule has 0 spiro atoms. The van der Waals surface area contributed by atoms with E-state index in [0.29, 0.717) is 22.3 Å². The summed E-state index contributed by atoms with van der Waals surface area (Å²) in [5, 5.41) is 4.03. The molecule has 1 aromatic heterocycles. The fourth-order valence-electron chi connectivity index (χ4n) is 1.17. The molecular formula is C10H7BrCl2N2O. The molecule has 6 heteroatoms. The zero-order chi connectivity index (χ0) is 11.7. The summed E-state index contributed by atoms with van der Waals surface area (Å²) in [5.74, 6) is 0.829. The van der Waals surface area contributed by atoms with Crippen molar-refractivity contribution in [3.8, 4) is 11.5 Å². The topological polar surface area (TPSA) is 38.9 Å². The van der Waals surface area contributed by atoms with E-state index < -0.39 is 0 Å². The first-order valence-electron chi connectivity index (χ1n) is 4.51. The molecule has 0 saturated heterocycles. The highest BCUT2D eigenvalue weighted by atomic mass is 79.9. The number of rotatable bonds is 2. The summed E-state index contributed by atoms with van der Waals surface area (Å²) < 4.78 is 5.98. The van der Waals surface area contributed by atoms with Gasteiger partial charge in [0.2, 0.25) is 0 Å². The van der Waals surface area contributed by atoms with Crippen molar-refractivity contribution in [2.75, 3.05) is 0 Å². The molecule has 84 valence electrons. The van der Waals surface area contributed by atoms with E-state index in [1.165, 1.54) is 0 Å². The van der Waals surface area contributed by atoms with Crippen LogP contribution in [0.5, 0.6) is 0 Å². The van der Waals surface area contributed by atoms with Crippen LogP contribution in [0.15, 0.2) is 27.2 Å². The predicted molar refractivity (Wildman–Crippen MR) is 66.7 cm³/mol. The molecule has 0 aliphatic rings. The summed E-state index contributed by atoms with van der Waals surface area (Å²) in [6, 6.07) is 5.43. The van der Waals surface area contributed by atoms with Crippen molar-refractivity contribution in [3.05, 3.63) is 33.5 Å². The number of alkyl halides is 1. The molecule has 1 aromatic carbocycles. The summed E-state index contributed by atoms with van der Waals surface area (Å²) in [6.07, 6.45) is 0. The van der Waals surface area contributed by atoms with Crippen LogP contribution in [-0.2, 0) is 0 Å². The number of benzene rings is 1. The molecule has 3 nitrogen and oxygen atoms in total. The van der Waals surface area contributed by atoms with Crippen molar-refractivity contribution < 1.29 is 4.52 Å². The molecule has 0 amide bonds. The highest BCUT2D eigenvalue weighted by Gasteiger charge is 2.14. The molecule has 2 rings (SSSR count). The SMILES string of the molecule is CC(Cl)c1noc(-c2ccc(Br)cc2Cl)n1. The molecule has 1 unspecified atom stereocenters. The zero-order valence-electron chi connectivity index (χ0n) is 8.25. The third-order valence-corrected chi connectivity index (χ3v) is 2.96. The lowest BCUT2D eigenvalue weighted by molar-refractivity contribution is 0.422. The van der Waals surface area contributed by atoms with Crippen molar-refractivity contribution in [2.45, 2.75) is 12.3 Å². The quantitative estimate of drug-likeness (QED) is 0.767. The Morgan fingerprint density at radius 2 is 2.19 bits per heavy atom. The first-order chi connectivity index (χ1) is 7.58.